The summed E-state index contributed by atoms with van der Waals surface area (Å²) >= 11 is 6.14. The van der Waals surface area contributed by atoms with Gasteiger partial charge in [-0.2, -0.15) is 0 Å². The number of sulfone groups is 1. The highest BCUT2D eigenvalue weighted by molar-refractivity contribution is 7.90. The first kappa shape index (κ1) is 21.8. The molecule has 2 aromatic carbocycles. The number of rotatable bonds is 6. The van der Waals surface area contributed by atoms with Crippen molar-refractivity contribution in [1.82, 2.24) is 14.6 Å². The summed E-state index contributed by atoms with van der Waals surface area (Å²) in [7, 11) is -2.05. The summed E-state index contributed by atoms with van der Waals surface area (Å²) in [4.78, 5) is 17.0. The number of carbonyl (C=O) groups excluding carboxylic acids is 1. The van der Waals surface area contributed by atoms with Crippen LogP contribution in [-0.2, 0) is 21.1 Å². The van der Waals surface area contributed by atoms with Crippen molar-refractivity contribution >= 4 is 38.7 Å². The highest BCUT2D eigenvalue weighted by atomic mass is 35.5. The standard InChI is InChI=1S/C22H19ClN4O4S/c1-31-22-8-7-20-24-13-19(27(20)26-22)15-9-16(12-17(10-15)32(2,29)30)25-21(28)11-14-5-3-4-6-18(14)23/h3-10,12-13H,11H2,1-2H3,(H,25,28). The summed E-state index contributed by atoms with van der Waals surface area (Å²) in [6.45, 7) is 0. The van der Waals surface area contributed by atoms with Gasteiger partial charge >= 0.3 is 0 Å². The Kier molecular flexibility index (Phi) is 5.86. The van der Waals surface area contributed by atoms with Crippen molar-refractivity contribution in [2.75, 3.05) is 18.7 Å². The molecular weight excluding hydrogens is 452 g/mol. The highest BCUT2D eigenvalue weighted by Crippen LogP contribution is 2.28. The lowest BCUT2D eigenvalue weighted by Crippen LogP contribution is -2.15. The second-order valence-electron chi connectivity index (χ2n) is 7.12. The van der Waals surface area contributed by atoms with Gasteiger partial charge in [0.25, 0.3) is 0 Å². The molecule has 8 nitrogen and oxygen atoms in total. The van der Waals surface area contributed by atoms with Crippen LogP contribution in [0.1, 0.15) is 5.56 Å². The number of aromatic nitrogens is 3. The monoisotopic (exact) mass is 470 g/mol. The van der Waals surface area contributed by atoms with Gasteiger partial charge in [-0.25, -0.2) is 17.9 Å². The number of hydrogen-bond acceptors (Lipinski definition) is 6. The summed E-state index contributed by atoms with van der Waals surface area (Å²) in [5, 5.41) is 7.61. The van der Waals surface area contributed by atoms with E-state index in [1.54, 1.807) is 53.2 Å². The topological polar surface area (TPSA) is 103 Å². The van der Waals surface area contributed by atoms with Crippen molar-refractivity contribution in [2.45, 2.75) is 11.3 Å². The van der Waals surface area contributed by atoms with Gasteiger partial charge in [0.2, 0.25) is 11.8 Å². The number of fused-ring (bicyclic) bond motifs is 1. The van der Waals surface area contributed by atoms with E-state index in [0.717, 1.165) is 6.26 Å². The van der Waals surface area contributed by atoms with Crippen molar-refractivity contribution in [2.24, 2.45) is 0 Å². The summed E-state index contributed by atoms with van der Waals surface area (Å²) in [5.41, 5.74) is 2.64. The van der Waals surface area contributed by atoms with Crippen molar-refractivity contribution in [1.29, 1.82) is 0 Å². The predicted octanol–water partition coefficient (Wildman–Crippen LogP) is 3.64. The molecule has 10 heteroatoms. The Morgan fingerprint density at radius 1 is 1.16 bits per heavy atom. The molecule has 0 bridgehead atoms. The molecule has 4 rings (SSSR count). The second kappa shape index (κ2) is 8.60. The normalized spacial score (nSPS) is 11.5. The quantitative estimate of drug-likeness (QED) is 0.461. The Morgan fingerprint density at radius 3 is 2.66 bits per heavy atom. The number of ether oxygens (including phenoxy) is 1. The zero-order valence-electron chi connectivity index (χ0n) is 17.2. The van der Waals surface area contributed by atoms with Gasteiger partial charge in [-0.05, 0) is 35.9 Å². The second-order valence-corrected chi connectivity index (χ2v) is 9.55. The number of imidazole rings is 1. The molecule has 0 unspecified atom stereocenters. The lowest BCUT2D eigenvalue weighted by Gasteiger charge is -2.11. The van der Waals surface area contributed by atoms with Gasteiger partial charge in [0.15, 0.2) is 15.5 Å². The average Bonchev–Trinajstić information content (AvgIpc) is 3.17. The van der Waals surface area contributed by atoms with Gasteiger partial charge in [-0.1, -0.05) is 29.8 Å². The summed E-state index contributed by atoms with van der Waals surface area (Å²) < 4.78 is 31.3. The average molecular weight is 471 g/mol. The maximum absolute atomic E-state index is 12.6. The van der Waals surface area contributed by atoms with E-state index in [9.17, 15) is 13.2 Å². The Hall–Kier alpha value is -3.43. The van der Waals surface area contributed by atoms with E-state index in [4.69, 9.17) is 16.3 Å². The zero-order valence-corrected chi connectivity index (χ0v) is 18.8. The number of methoxy groups -OCH3 is 1. The maximum atomic E-state index is 12.6. The molecule has 2 aromatic heterocycles. The van der Waals surface area contributed by atoms with Crippen LogP contribution in [0.4, 0.5) is 5.69 Å². The molecule has 0 aliphatic heterocycles. The van der Waals surface area contributed by atoms with E-state index in [2.05, 4.69) is 15.4 Å². The fourth-order valence-electron chi connectivity index (χ4n) is 3.22. The molecule has 0 saturated heterocycles. The van der Waals surface area contributed by atoms with Crippen molar-refractivity contribution in [3.8, 4) is 17.1 Å². The Bertz CT molecular complexity index is 1430. The molecule has 32 heavy (non-hydrogen) atoms. The van der Waals surface area contributed by atoms with E-state index in [-0.39, 0.29) is 17.2 Å². The van der Waals surface area contributed by atoms with Crippen molar-refractivity contribution < 1.29 is 17.9 Å². The van der Waals surface area contributed by atoms with E-state index in [1.165, 1.54) is 19.2 Å². The summed E-state index contributed by atoms with van der Waals surface area (Å²) in [5.74, 6) is 0.0527. The zero-order chi connectivity index (χ0) is 22.9. The molecule has 0 fully saturated rings. The first-order valence-electron chi connectivity index (χ1n) is 9.52. The lowest BCUT2D eigenvalue weighted by atomic mass is 10.1. The third-order valence-corrected chi connectivity index (χ3v) is 6.23. The molecule has 0 aliphatic rings. The van der Waals surface area contributed by atoms with Gasteiger partial charge < -0.3 is 10.1 Å². The molecule has 0 aliphatic carbocycles. The number of anilines is 1. The molecule has 0 radical (unpaired) electrons. The third kappa shape index (κ3) is 4.58. The minimum absolute atomic E-state index is 0.0481. The van der Waals surface area contributed by atoms with Crippen LogP contribution in [0.2, 0.25) is 5.02 Å². The summed E-state index contributed by atoms with van der Waals surface area (Å²) in [6, 6.07) is 15.1. The van der Waals surface area contributed by atoms with E-state index in [1.807, 2.05) is 0 Å². The highest BCUT2D eigenvalue weighted by Gasteiger charge is 2.16. The van der Waals surface area contributed by atoms with Gasteiger partial charge in [0.1, 0.15) is 0 Å². The summed E-state index contributed by atoms with van der Waals surface area (Å²) in [6.07, 6.45) is 2.74. The number of hydrogen-bond donors (Lipinski definition) is 1. The maximum Gasteiger partial charge on any atom is 0.231 e. The number of benzene rings is 2. The number of nitrogens with one attached hydrogen (secondary N) is 1. The van der Waals surface area contributed by atoms with Gasteiger partial charge in [0, 0.05) is 28.6 Å². The first-order chi connectivity index (χ1) is 15.2. The van der Waals surface area contributed by atoms with Crippen LogP contribution in [0.3, 0.4) is 0 Å². The molecule has 4 aromatic rings. The number of halogens is 1. The third-order valence-electron chi connectivity index (χ3n) is 4.77. The van der Waals surface area contributed by atoms with Crippen LogP contribution in [0, 0.1) is 0 Å². The van der Waals surface area contributed by atoms with Crippen LogP contribution < -0.4 is 10.1 Å². The fraction of sp³-hybridized carbons (Fsp3) is 0.136. The number of nitrogens with zero attached hydrogens (tertiary/aromatic N) is 3. The minimum Gasteiger partial charge on any atom is -0.480 e. The van der Waals surface area contributed by atoms with Gasteiger partial charge in [-0.3, -0.25) is 4.79 Å². The molecule has 0 saturated carbocycles. The van der Waals surface area contributed by atoms with Crippen LogP contribution in [0.25, 0.3) is 16.9 Å². The molecule has 0 spiro atoms. The van der Waals surface area contributed by atoms with E-state index >= 15 is 0 Å². The minimum atomic E-state index is -3.55. The molecule has 1 amide bonds. The number of amides is 1. The Balaban J connectivity index is 1.74. The van der Waals surface area contributed by atoms with Crippen LogP contribution in [-0.4, -0.2) is 42.3 Å². The fourth-order valence-corrected chi connectivity index (χ4v) is 4.10. The number of carbonyl (C=O) groups is 1. The van der Waals surface area contributed by atoms with Gasteiger partial charge in [-0.15, -0.1) is 5.10 Å². The van der Waals surface area contributed by atoms with E-state index < -0.39 is 9.84 Å². The molecule has 2 heterocycles. The predicted molar refractivity (Wildman–Crippen MR) is 122 cm³/mol. The molecule has 0 atom stereocenters. The largest absolute Gasteiger partial charge is 0.480 e. The smallest absolute Gasteiger partial charge is 0.231 e. The van der Waals surface area contributed by atoms with E-state index in [0.29, 0.717) is 39.1 Å². The molecule has 164 valence electrons. The Morgan fingerprint density at radius 2 is 1.94 bits per heavy atom. The molecular formula is C22H19ClN4O4S. The molecule has 1 N–H and O–H groups in total. The first-order valence-corrected chi connectivity index (χ1v) is 11.8. The SMILES string of the molecule is COc1ccc2ncc(-c3cc(NC(=O)Cc4ccccc4Cl)cc(S(C)(=O)=O)c3)n2n1. The van der Waals surface area contributed by atoms with Crippen LogP contribution in [0.15, 0.2) is 65.7 Å². The lowest BCUT2D eigenvalue weighted by molar-refractivity contribution is -0.115. The van der Waals surface area contributed by atoms with Crippen molar-refractivity contribution in [3.63, 3.8) is 0 Å². The van der Waals surface area contributed by atoms with Crippen molar-refractivity contribution in [3.05, 3.63) is 71.4 Å². The van der Waals surface area contributed by atoms with Crippen LogP contribution in [0.5, 0.6) is 5.88 Å². The van der Waals surface area contributed by atoms with Gasteiger partial charge in [0.05, 0.1) is 30.3 Å². The van der Waals surface area contributed by atoms with Crippen LogP contribution >= 0.6 is 11.6 Å². The Labute approximate surface area is 189 Å².